The Labute approximate surface area is 227 Å². The Morgan fingerprint density at radius 1 is 0.921 bits per heavy atom. The number of nitriles is 1. The highest BCUT2D eigenvalue weighted by atomic mass is 35.5. The Morgan fingerprint density at radius 3 is 2.13 bits per heavy atom. The first-order valence-electron chi connectivity index (χ1n) is 11.9. The Kier molecular flexibility index (Phi) is 8.23. The predicted octanol–water partition coefficient (Wildman–Crippen LogP) is 4.08. The van der Waals surface area contributed by atoms with Gasteiger partial charge in [0.05, 0.1) is 26.1 Å². The first-order valence-corrected chi connectivity index (χ1v) is 15.3. The average molecular weight is 572 g/mol. The van der Waals surface area contributed by atoms with Crippen LogP contribution >= 0.6 is 11.6 Å². The molecular weight excluding hydrogens is 546 g/mol. The van der Waals surface area contributed by atoms with Crippen molar-refractivity contribution in [3.05, 3.63) is 83.9 Å². The van der Waals surface area contributed by atoms with Gasteiger partial charge in [-0.1, -0.05) is 66.2 Å². The standard InChI is InChI=1S/C27H26ClN3O5S2/c28-24-8-4-5-9-25(24)37(33,34)23(14-15-26(32)31-27(19-29)16-17-27)18-30-38(35,36)22-12-10-21(11-13-22)20-6-2-1-3-7-20/h1-13,23,30H,14-18H2,(H,31,32). The SMILES string of the molecule is N#CC1(NC(=O)CCC(CNS(=O)(=O)c2ccc(-c3ccccc3)cc2)S(=O)(=O)c2ccccc2Cl)CC1. The van der Waals surface area contributed by atoms with Gasteiger partial charge in [-0.15, -0.1) is 0 Å². The van der Waals surface area contributed by atoms with Crippen molar-refractivity contribution in [1.29, 1.82) is 5.26 Å². The maximum absolute atomic E-state index is 13.5. The summed E-state index contributed by atoms with van der Waals surface area (Å²) in [7, 11) is -8.17. The van der Waals surface area contributed by atoms with Crippen molar-refractivity contribution < 1.29 is 21.6 Å². The number of hydrogen-bond donors (Lipinski definition) is 2. The highest BCUT2D eigenvalue weighted by Crippen LogP contribution is 2.34. The normalized spacial score (nSPS) is 15.3. The van der Waals surface area contributed by atoms with Crippen LogP contribution in [-0.4, -0.2) is 40.1 Å². The molecule has 1 amide bonds. The molecule has 0 spiro atoms. The smallest absolute Gasteiger partial charge is 0.240 e. The summed E-state index contributed by atoms with van der Waals surface area (Å²) in [5.41, 5.74) is 0.875. The van der Waals surface area contributed by atoms with Crippen molar-refractivity contribution in [2.45, 2.75) is 46.3 Å². The molecule has 1 saturated carbocycles. The van der Waals surface area contributed by atoms with Crippen LogP contribution in [0, 0.1) is 11.3 Å². The molecule has 3 aromatic rings. The van der Waals surface area contributed by atoms with E-state index in [-0.39, 0.29) is 27.7 Å². The molecule has 1 atom stereocenters. The fourth-order valence-electron chi connectivity index (χ4n) is 3.98. The van der Waals surface area contributed by atoms with E-state index in [1.807, 2.05) is 30.3 Å². The third-order valence-electron chi connectivity index (χ3n) is 6.39. The second-order valence-electron chi connectivity index (χ2n) is 9.12. The third kappa shape index (κ3) is 6.42. The molecule has 198 valence electrons. The molecule has 1 aliphatic rings. The fourth-order valence-corrected chi connectivity index (χ4v) is 7.32. The van der Waals surface area contributed by atoms with Crippen LogP contribution < -0.4 is 10.0 Å². The monoisotopic (exact) mass is 571 g/mol. The van der Waals surface area contributed by atoms with Gasteiger partial charge in [-0.2, -0.15) is 5.26 Å². The second-order valence-corrected chi connectivity index (χ2v) is 13.5. The summed E-state index contributed by atoms with van der Waals surface area (Å²) in [6.07, 6.45) is 0.709. The molecule has 3 aromatic carbocycles. The molecule has 1 unspecified atom stereocenters. The first kappa shape index (κ1) is 27.8. The van der Waals surface area contributed by atoms with E-state index in [1.54, 1.807) is 18.2 Å². The Balaban J connectivity index is 1.52. The summed E-state index contributed by atoms with van der Waals surface area (Å²) in [6.45, 7) is -0.465. The maximum atomic E-state index is 13.5. The number of sulfonamides is 1. The Bertz CT molecular complexity index is 1560. The van der Waals surface area contributed by atoms with Crippen LogP contribution in [0.25, 0.3) is 11.1 Å². The highest BCUT2D eigenvalue weighted by molar-refractivity contribution is 7.92. The van der Waals surface area contributed by atoms with E-state index < -0.39 is 43.1 Å². The lowest BCUT2D eigenvalue weighted by Gasteiger charge is -2.20. The molecule has 11 heteroatoms. The number of nitrogens with zero attached hydrogens (tertiary/aromatic N) is 1. The van der Waals surface area contributed by atoms with Gasteiger partial charge in [-0.25, -0.2) is 21.6 Å². The van der Waals surface area contributed by atoms with Crippen LogP contribution in [0.3, 0.4) is 0 Å². The van der Waals surface area contributed by atoms with Crippen molar-refractivity contribution in [3.8, 4) is 17.2 Å². The van der Waals surface area contributed by atoms with Crippen LogP contribution in [0.15, 0.2) is 88.7 Å². The maximum Gasteiger partial charge on any atom is 0.240 e. The van der Waals surface area contributed by atoms with Gasteiger partial charge in [0.25, 0.3) is 0 Å². The fraction of sp³-hybridized carbons (Fsp3) is 0.259. The Morgan fingerprint density at radius 2 is 1.53 bits per heavy atom. The van der Waals surface area contributed by atoms with Crippen LogP contribution in [0.1, 0.15) is 25.7 Å². The molecule has 0 aliphatic heterocycles. The van der Waals surface area contributed by atoms with Crippen LogP contribution in [0.4, 0.5) is 0 Å². The number of carbonyl (C=O) groups is 1. The van der Waals surface area contributed by atoms with Gasteiger partial charge in [-0.3, -0.25) is 4.79 Å². The molecule has 0 aromatic heterocycles. The lowest BCUT2D eigenvalue weighted by atomic mass is 10.1. The number of halogens is 1. The molecule has 1 fully saturated rings. The van der Waals surface area contributed by atoms with E-state index in [1.165, 1.54) is 30.3 Å². The van der Waals surface area contributed by atoms with Crippen LogP contribution in [0.2, 0.25) is 5.02 Å². The molecule has 38 heavy (non-hydrogen) atoms. The number of amides is 1. The largest absolute Gasteiger partial charge is 0.338 e. The molecule has 4 rings (SSSR count). The number of rotatable bonds is 11. The third-order valence-corrected chi connectivity index (χ3v) is 10.5. The molecule has 2 N–H and O–H groups in total. The molecule has 0 saturated heterocycles. The van der Waals surface area contributed by atoms with Crippen molar-refractivity contribution in [1.82, 2.24) is 10.0 Å². The van der Waals surface area contributed by atoms with Crippen molar-refractivity contribution in [3.63, 3.8) is 0 Å². The highest BCUT2D eigenvalue weighted by Gasteiger charge is 2.44. The van der Waals surface area contributed by atoms with Gasteiger partial charge in [0.15, 0.2) is 9.84 Å². The van der Waals surface area contributed by atoms with Crippen molar-refractivity contribution >= 4 is 37.4 Å². The minimum Gasteiger partial charge on any atom is -0.338 e. The summed E-state index contributed by atoms with van der Waals surface area (Å²) >= 11 is 6.15. The van der Waals surface area contributed by atoms with Crippen LogP contribution in [0.5, 0.6) is 0 Å². The van der Waals surface area contributed by atoms with E-state index in [2.05, 4.69) is 16.1 Å². The van der Waals surface area contributed by atoms with E-state index in [4.69, 9.17) is 11.6 Å². The minimum atomic E-state index is -4.11. The minimum absolute atomic E-state index is 0.00252. The number of sulfone groups is 1. The van der Waals surface area contributed by atoms with Crippen molar-refractivity contribution in [2.75, 3.05) is 6.54 Å². The van der Waals surface area contributed by atoms with Gasteiger partial charge in [-0.05, 0) is 54.7 Å². The second kappa shape index (κ2) is 11.3. The quantitative estimate of drug-likeness (QED) is 0.356. The number of benzene rings is 3. The zero-order valence-corrected chi connectivity index (χ0v) is 22.7. The number of hydrogen-bond acceptors (Lipinski definition) is 6. The molecule has 0 bridgehead atoms. The zero-order chi connectivity index (χ0) is 27.4. The van der Waals surface area contributed by atoms with Gasteiger partial charge in [0.1, 0.15) is 5.54 Å². The zero-order valence-electron chi connectivity index (χ0n) is 20.3. The number of carbonyl (C=O) groups excluding carboxylic acids is 1. The van der Waals surface area contributed by atoms with Gasteiger partial charge in [0.2, 0.25) is 15.9 Å². The molecule has 0 heterocycles. The van der Waals surface area contributed by atoms with Crippen molar-refractivity contribution in [2.24, 2.45) is 0 Å². The topological polar surface area (TPSA) is 133 Å². The lowest BCUT2D eigenvalue weighted by Crippen LogP contribution is -2.39. The first-order chi connectivity index (χ1) is 18.1. The summed E-state index contributed by atoms with van der Waals surface area (Å²) in [6, 6.07) is 23.6. The molecule has 0 radical (unpaired) electrons. The van der Waals surface area contributed by atoms with E-state index in [0.29, 0.717) is 12.8 Å². The Hall–Kier alpha value is -3.23. The van der Waals surface area contributed by atoms with E-state index in [9.17, 15) is 26.9 Å². The van der Waals surface area contributed by atoms with Gasteiger partial charge >= 0.3 is 0 Å². The summed E-state index contributed by atoms with van der Waals surface area (Å²) in [5, 5.41) is 10.6. The lowest BCUT2D eigenvalue weighted by molar-refractivity contribution is -0.121. The van der Waals surface area contributed by atoms with E-state index >= 15 is 0 Å². The molecule has 8 nitrogen and oxygen atoms in total. The van der Waals surface area contributed by atoms with Crippen LogP contribution in [-0.2, 0) is 24.7 Å². The average Bonchev–Trinajstić information content (AvgIpc) is 3.69. The molecular formula is C27H26ClN3O5S2. The predicted molar refractivity (Wildman–Crippen MR) is 144 cm³/mol. The molecule has 1 aliphatic carbocycles. The summed E-state index contributed by atoms with van der Waals surface area (Å²) < 4.78 is 55.4. The summed E-state index contributed by atoms with van der Waals surface area (Å²) in [5.74, 6) is -0.470. The van der Waals surface area contributed by atoms with Gasteiger partial charge in [0, 0.05) is 13.0 Å². The van der Waals surface area contributed by atoms with E-state index in [0.717, 1.165) is 11.1 Å². The van der Waals surface area contributed by atoms with Gasteiger partial charge < -0.3 is 5.32 Å². The summed E-state index contributed by atoms with van der Waals surface area (Å²) in [4.78, 5) is 12.3. The number of nitrogens with one attached hydrogen (secondary N) is 2.